The van der Waals surface area contributed by atoms with Gasteiger partial charge in [-0.25, -0.2) is 0 Å². The van der Waals surface area contributed by atoms with Crippen molar-refractivity contribution in [2.45, 2.75) is 24.2 Å². The summed E-state index contributed by atoms with van der Waals surface area (Å²) >= 11 is 0. The standard InChI is InChI=1S/C12H11NO5S/c14-9-6-7-11(12(15)8-9)13-18-19(16,17)10-4-2-1-3-5-10/h1-5H,6-8H2. The SMILES string of the molecule is O=C1CCC(=NOS(=O)(=O)c2ccccc2)C(=O)C1. The summed E-state index contributed by atoms with van der Waals surface area (Å²) in [5.41, 5.74) is -0.0147. The van der Waals surface area contributed by atoms with Crippen molar-refractivity contribution in [3.63, 3.8) is 0 Å². The molecule has 0 atom stereocenters. The van der Waals surface area contributed by atoms with Gasteiger partial charge >= 0.3 is 10.1 Å². The molecule has 1 fully saturated rings. The Balaban J connectivity index is 2.14. The molecule has 0 aliphatic heterocycles. The number of carbonyl (C=O) groups is 2. The Morgan fingerprint density at radius 1 is 1.05 bits per heavy atom. The van der Waals surface area contributed by atoms with E-state index >= 15 is 0 Å². The van der Waals surface area contributed by atoms with Gasteiger partial charge < -0.3 is 0 Å². The second-order valence-corrected chi connectivity index (χ2v) is 5.55. The zero-order chi connectivity index (χ0) is 13.9. The fraction of sp³-hybridized carbons (Fsp3) is 0.250. The highest BCUT2D eigenvalue weighted by molar-refractivity contribution is 7.86. The molecule has 1 aliphatic rings. The van der Waals surface area contributed by atoms with Crippen molar-refractivity contribution >= 4 is 27.4 Å². The lowest BCUT2D eigenvalue weighted by Crippen LogP contribution is -2.25. The highest BCUT2D eigenvalue weighted by Gasteiger charge is 2.24. The molecule has 0 radical (unpaired) electrons. The molecule has 7 heteroatoms. The Morgan fingerprint density at radius 3 is 2.37 bits per heavy atom. The summed E-state index contributed by atoms with van der Waals surface area (Å²) in [6.45, 7) is 0. The zero-order valence-corrected chi connectivity index (χ0v) is 10.7. The molecule has 0 saturated heterocycles. The van der Waals surface area contributed by atoms with Crippen molar-refractivity contribution in [2.24, 2.45) is 5.16 Å². The van der Waals surface area contributed by atoms with Crippen LogP contribution in [0.2, 0.25) is 0 Å². The Morgan fingerprint density at radius 2 is 1.74 bits per heavy atom. The highest BCUT2D eigenvalue weighted by Crippen LogP contribution is 2.14. The summed E-state index contributed by atoms with van der Waals surface area (Å²) < 4.78 is 28.0. The summed E-state index contributed by atoms with van der Waals surface area (Å²) in [7, 11) is -4.02. The number of hydrogen-bond acceptors (Lipinski definition) is 6. The molecule has 0 heterocycles. The van der Waals surface area contributed by atoms with Gasteiger partial charge in [-0.05, 0) is 12.1 Å². The number of nitrogens with zero attached hydrogens (tertiary/aromatic N) is 1. The zero-order valence-electron chi connectivity index (χ0n) is 9.90. The van der Waals surface area contributed by atoms with E-state index in [1.165, 1.54) is 12.1 Å². The lowest BCUT2D eigenvalue weighted by Gasteiger charge is -2.09. The number of rotatable bonds is 3. The van der Waals surface area contributed by atoms with E-state index in [1.54, 1.807) is 18.2 Å². The van der Waals surface area contributed by atoms with E-state index in [2.05, 4.69) is 9.44 Å². The molecule has 1 aromatic rings. The molecule has 1 aliphatic carbocycles. The molecular weight excluding hydrogens is 270 g/mol. The molecule has 0 spiro atoms. The maximum Gasteiger partial charge on any atom is 0.358 e. The third kappa shape index (κ3) is 3.25. The number of benzene rings is 1. The first-order chi connectivity index (χ1) is 8.99. The smallest absolute Gasteiger partial charge is 0.299 e. The van der Waals surface area contributed by atoms with Crippen molar-refractivity contribution in [1.82, 2.24) is 0 Å². The summed E-state index contributed by atoms with van der Waals surface area (Å²) in [6, 6.07) is 7.49. The van der Waals surface area contributed by atoms with Gasteiger partial charge in [0.2, 0.25) is 0 Å². The summed E-state index contributed by atoms with van der Waals surface area (Å²) in [4.78, 5) is 22.4. The second kappa shape index (κ2) is 5.31. The molecule has 1 aromatic carbocycles. The van der Waals surface area contributed by atoms with E-state index in [4.69, 9.17) is 0 Å². The van der Waals surface area contributed by atoms with Crippen molar-refractivity contribution < 1.29 is 22.3 Å². The molecule has 0 aromatic heterocycles. The van der Waals surface area contributed by atoms with Gasteiger partial charge in [0, 0.05) is 12.8 Å². The average molecular weight is 281 g/mol. The van der Waals surface area contributed by atoms with Gasteiger partial charge in [-0.3, -0.25) is 13.9 Å². The normalized spacial score (nSPS) is 18.6. The van der Waals surface area contributed by atoms with Crippen LogP contribution in [0.25, 0.3) is 0 Å². The second-order valence-electron chi connectivity index (χ2n) is 4.02. The van der Waals surface area contributed by atoms with Crippen molar-refractivity contribution in [1.29, 1.82) is 0 Å². The van der Waals surface area contributed by atoms with E-state index in [1.807, 2.05) is 0 Å². The van der Waals surface area contributed by atoms with Crippen molar-refractivity contribution in [2.75, 3.05) is 0 Å². The van der Waals surface area contributed by atoms with Crippen LogP contribution in [0.5, 0.6) is 0 Å². The van der Waals surface area contributed by atoms with Crippen LogP contribution in [-0.2, 0) is 24.0 Å². The van der Waals surface area contributed by atoms with Crippen LogP contribution in [0.3, 0.4) is 0 Å². The number of ketones is 2. The Kier molecular flexibility index (Phi) is 3.75. The fourth-order valence-electron chi connectivity index (χ4n) is 1.59. The van der Waals surface area contributed by atoms with Gasteiger partial charge in [0.15, 0.2) is 5.78 Å². The summed E-state index contributed by atoms with van der Waals surface area (Å²) in [5, 5.41) is 3.37. The summed E-state index contributed by atoms with van der Waals surface area (Å²) in [5.74, 6) is -0.658. The molecule has 1 saturated carbocycles. The Bertz CT molecular complexity index is 633. The van der Waals surface area contributed by atoms with Crippen molar-refractivity contribution in [3.8, 4) is 0 Å². The first-order valence-corrected chi connectivity index (χ1v) is 7.00. The first-order valence-electron chi connectivity index (χ1n) is 5.59. The number of oxime groups is 1. The quantitative estimate of drug-likeness (QED) is 0.610. The number of Topliss-reactive ketones (excluding diaryl/α,β-unsaturated/α-hetero) is 2. The van der Waals surface area contributed by atoms with Crippen LogP contribution >= 0.6 is 0 Å². The van der Waals surface area contributed by atoms with E-state index in [0.717, 1.165) is 0 Å². The first kappa shape index (κ1) is 13.4. The van der Waals surface area contributed by atoms with Gasteiger partial charge in [0.1, 0.15) is 16.4 Å². The Hall–Kier alpha value is -2.02. The maximum atomic E-state index is 11.7. The molecule has 6 nitrogen and oxygen atoms in total. The van der Waals surface area contributed by atoms with Gasteiger partial charge in [-0.15, -0.1) is 0 Å². The lowest BCUT2D eigenvalue weighted by atomic mass is 9.96. The third-order valence-electron chi connectivity index (χ3n) is 2.60. The van der Waals surface area contributed by atoms with Crippen LogP contribution in [0, 0.1) is 0 Å². The summed E-state index contributed by atoms with van der Waals surface area (Å²) in [6.07, 6.45) is 0.0505. The van der Waals surface area contributed by atoms with E-state index < -0.39 is 15.9 Å². The monoisotopic (exact) mass is 281 g/mol. The van der Waals surface area contributed by atoms with E-state index in [-0.39, 0.29) is 35.7 Å². The van der Waals surface area contributed by atoms with Gasteiger partial charge in [-0.1, -0.05) is 23.4 Å². The third-order valence-corrected chi connectivity index (χ3v) is 3.72. The lowest BCUT2D eigenvalue weighted by molar-refractivity contribution is -0.125. The van der Waals surface area contributed by atoms with E-state index in [0.29, 0.717) is 0 Å². The average Bonchev–Trinajstić information content (AvgIpc) is 2.39. The van der Waals surface area contributed by atoms with Crippen LogP contribution < -0.4 is 0 Å². The maximum absolute atomic E-state index is 11.7. The molecule has 0 amide bonds. The largest absolute Gasteiger partial charge is 0.358 e. The molecule has 100 valence electrons. The Labute approximate surface area is 110 Å². The van der Waals surface area contributed by atoms with Gasteiger partial charge in [-0.2, -0.15) is 8.42 Å². The van der Waals surface area contributed by atoms with Gasteiger partial charge in [0.05, 0.1) is 6.42 Å². The minimum atomic E-state index is -4.02. The number of carbonyl (C=O) groups excluding carboxylic acids is 2. The fourth-order valence-corrected chi connectivity index (χ4v) is 2.35. The highest BCUT2D eigenvalue weighted by atomic mass is 32.2. The molecule has 19 heavy (non-hydrogen) atoms. The van der Waals surface area contributed by atoms with Crippen molar-refractivity contribution in [3.05, 3.63) is 30.3 Å². The molecule has 2 rings (SSSR count). The predicted molar refractivity (Wildman–Crippen MR) is 66.0 cm³/mol. The van der Waals surface area contributed by atoms with E-state index in [9.17, 15) is 18.0 Å². The minimum absolute atomic E-state index is 0.0147. The van der Waals surface area contributed by atoms with Gasteiger partial charge in [0.25, 0.3) is 0 Å². The molecule has 0 bridgehead atoms. The predicted octanol–water partition coefficient (Wildman–Crippen LogP) is 1.07. The van der Waals surface area contributed by atoms with Crippen LogP contribution in [0.15, 0.2) is 40.4 Å². The minimum Gasteiger partial charge on any atom is -0.299 e. The number of hydrogen-bond donors (Lipinski definition) is 0. The molecule has 0 N–H and O–H groups in total. The van der Waals surface area contributed by atoms with Crippen LogP contribution in [0.4, 0.5) is 0 Å². The molecular formula is C12H11NO5S. The topological polar surface area (TPSA) is 89.9 Å². The van der Waals surface area contributed by atoms with Crippen LogP contribution in [-0.4, -0.2) is 25.7 Å². The molecule has 0 unspecified atom stereocenters. The van der Waals surface area contributed by atoms with Crippen LogP contribution in [0.1, 0.15) is 19.3 Å².